The molecule has 2 aromatic rings. The molecule has 0 atom stereocenters. The Balaban J connectivity index is 2.04. The van der Waals surface area contributed by atoms with Gasteiger partial charge in [0.05, 0.1) is 6.61 Å². The van der Waals surface area contributed by atoms with Crippen molar-refractivity contribution < 1.29 is 13.9 Å². The maximum absolute atomic E-state index is 5.80. The Kier molecular flexibility index (Phi) is 4.14. The van der Waals surface area contributed by atoms with E-state index in [4.69, 9.17) is 25.5 Å². The molecule has 0 aliphatic carbocycles. The van der Waals surface area contributed by atoms with E-state index >= 15 is 0 Å². The van der Waals surface area contributed by atoms with Gasteiger partial charge in [-0.05, 0) is 24.3 Å². The second kappa shape index (κ2) is 5.82. The maximum Gasteiger partial charge on any atom is 0.226 e. The largest absolute Gasteiger partial charge is 0.444 e. The van der Waals surface area contributed by atoms with Crippen LogP contribution >= 0.6 is 11.6 Å². The lowest BCUT2D eigenvalue weighted by atomic mass is 10.2. The van der Waals surface area contributed by atoms with Crippen LogP contribution in [0.25, 0.3) is 11.5 Å². The van der Waals surface area contributed by atoms with Crippen molar-refractivity contribution in [1.82, 2.24) is 4.98 Å². The van der Waals surface area contributed by atoms with Gasteiger partial charge in [-0.3, -0.25) is 0 Å². The van der Waals surface area contributed by atoms with Crippen LogP contribution in [0.4, 0.5) is 0 Å². The first-order chi connectivity index (χ1) is 8.29. The number of oxazole rings is 1. The SMILES string of the molecule is COCOCc1coc(-c2ccc(Cl)cc2)n1. The van der Waals surface area contributed by atoms with Crippen LogP contribution in [0.2, 0.25) is 5.02 Å². The molecule has 0 saturated heterocycles. The standard InChI is InChI=1S/C12H12ClNO3/c1-15-8-16-6-11-7-17-12(14-11)9-2-4-10(13)5-3-9/h2-5,7H,6,8H2,1H3. The number of hydrogen-bond donors (Lipinski definition) is 0. The summed E-state index contributed by atoms with van der Waals surface area (Å²) in [6.07, 6.45) is 1.57. The predicted molar refractivity (Wildman–Crippen MR) is 63.6 cm³/mol. The van der Waals surface area contributed by atoms with Crippen molar-refractivity contribution in [2.75, 3.05) is 13.9 Å². The summed E-state index contributed by atoms with van der Waals surface area (Å²) >= 11 is 5.80. The molecule has 17 heavy (non-hydrogen) atoms. The Morgan fingerprint density at radius 2 is 2.06 bits per heavy atom. The summed E-state index contributed by atoms with van der Waals surface area (Å²) in [5.74, 6) is 0.553. The van der Waals surface area contributed by atoms with Crippen molar-refractivity contribution in [2.24, 2.45) is 0 Å². The number of methoxy groups -OCH3 is 1. The first kappa shape index (κ1) is 12.1. The molecular formula is C12H12ClNO3. The normalized spacial score (nSPS) is 10.7. The quantitative estimate of drug-likeness (QED) is 0.607. The van der Waals surface area contributed by atoms with E-state index in [0.717, 1.165) is 11.3 Å². The fraction of sp³-hybridized carbons (Fsp3) is 0.250. The molecule has 0 spiro atoms. The Morgan fingerprint density at radius 3 is 2.76 bits per heavy atom. The van der Waals surface area contributed by atoms with Gasteiger partial charge in [0.2, 0.25) is 5.89 Å². The molecule has 1 aromatic carbocycles. The van der Waals surface area contributed by atoms with E-state index in [0.29, 0.717) is 17.5 Å². The van der Waals surface area contributed by atoms with Crippen molar-refractivity contribution in [3.63, 3.8) is 0 Å². The lowest BCUT2D eigenvalue weighted by Crippen LogP contribution is -1.96. The van der Waals surface area contributed by atoms with E-state index < -0.39 is 0 Å². The number of hydrogen-bond acceptors (Lipinski definition) is 4. The van der Waals surface area contributed by atoms with Crippen LogP contribution < -0.4 is 0 Å². The molecule has 0 aliphatic heterocycles. The van der Waals surface area contributed by atoms with E-state index in [-0.39, 0.29) is 6.79 Å². The third kappa shape index (κ3) is 3.30. The van der Waals surface area contributed by atoms with E-state index in [1.165, 1.54) is 0 Å². The van der Waals surface area contributed by atoms with Crippen LogP contribution in [0, 0.1) is 0 Å². The maximum atomic E-state index is 5.80. The Bertz CT molecular complexity index is 467. The molecule has 0 radical (unpaired) electrons. The zero-order chi connectivity index (χ0) is 12.1. The third-order valence-electron chi connectivity index (χ3n) is 2.09. The van der Waals surface area contributed by atoms with E-state index in [2.05, 4.69) is 4.98 Å². The summed E-state index contributed by atoms with van der Waals surface area (Å²) in [5, 5.41) is 0.684. The van der Waals surface area contributed by atoms with Gasteiger partial charge in [0.15, 0.2) is 0 Å². The van der Waals surface area contributed by atoms with Crippen molar-refractivity contribution in [3.8, 4) is 11.5 Å². The molecular weight excluding hydrogens is 242 g/mol. The monoisotopic (exact) mass is 253 g/mol. The van der Waals surface area contributed by atoms with Gasteiger partial charge in [0.1, 0.15) is 18.8 Å². The van der Waals surface area contributed by atoms with Crippen molar-refractivity contribution in [2.45, 2.75) is 6.61 Å². The average molecular weight is 254 g/mol. The lowest BCUT2D eigenvalue weighted by molar-refractivity contribution is -0.0401. The molecule has 0 aliphatic rings. The summed E-state index contributed by atoms with van der Waals surface area (Å²) in [7, 11) is 1.57. The number of halogens is 1. The Labute approximate surface area is 104 Å². The fourth-order valence-corrected chi connectivity index (χ4v) is 1.45. The first-order valence-electron chi connectivity index (χ1n) is 5.06. The van der Waals surface area contributed by atoms with Gasteiger partial charge < -0.3 is 13.9 Å². The minimum absolute atomic E-state index is 0.239. The highest BCUT2D eigenvalue weighted by Crippen LogP contribution is 2.20. The number of benzene rings is 1. The summed E-state index contributed by atoms with van der Waals surface area (Å²) in [4.78, 5) is 4.29. The molecule has 5 heteroatoms. The number of nitrogens with zero attached hydrogens (tertiary/aromatic N) is 1. The fourth-order valence-electron chi connectivity index (χ4n) is 1.33. The van der Waals surface area contributed by atoms with Gasteiger partial charge in [-0.2, -0.15) is 0 Å². The molecule has 1 aromatic heterocycles. The zero-order valence-corrected chi connectivity index (χ0v) is 10.1. The van der Waals surface area contributed by atoms with Crippen LogP contribution in [0.5, 0.6) is 0 Å². The topological polar surface area (TPSA) is 44.5 Å². The minimum Gasteiger partial charge on any atom is -0.444 e. The van der Waals surface area contributed by atoms with E-state index in [1.54, 1.807) is 25.5 Å². The minimum atomic E-state index is 0.239. The molecule has 4 nitrogen and oxygen atoms in total. The second-order valence-electron chi connectivity index (χ2n) is 3.41. The molecule has 90 valence electrons. The molecule has 0 fully saturated rings. The molecule has 2 rings (SSSR count). The number of aromatic nitrogens is 1. The highest BCUT2D eigenvalue weighted by molar-refractivity contribution is 6.30. The van der Waals surface area contributed by atoms with E-state index in [9.17, 15) is 0 Å². The van der Waals surface area contributed by atoms with Gasteiger partial charge in [0.25, 0.3) is 0 Å². The second-order valence-corrected chi connectivity index (χ2v) is 3.84. The van der Waals surface area contributed by atoms with Crippen molar-refractivity contribution >= 4 is 11.6 Å². The van der Waals surface area contributed by atoms with E-state index in [1.807, 2.05) is 12.1 Å². The molecule has 0 N–H and O–H groups in total. The van der Waals surface area contributed by atoms with Gasteiger partial charge in [-0.25, -0.2) is 4.98 Å². The van der Waals surface area contributed by atoms with Crippen molar-refractivity contribution in [3.05, 3.63) is 41.2 Å². The highest BCUT2D eigenvalue weighted by atomic mass is 35.5. The van der Waals surface area contributed by atoms with Crippen LogP contribution in [0.1, 0.15) is 5.69 Å². The molecule has 0 saturated carbocycles. The smallest absolute Gasteiger partial charge is 0.226 e. The lowest BCUT2D eigenvalue weighted by Gasteiger charge is -1.97. The van der Waals surface area contributed by atoms with Gasteiger partial charge in [-0.15, -0.1) is 0 Å². The van der Waals surface area contributed by atoms with Crippen LogP contribution in [-0.2, 0) is 16.1 Å². The van der Waals surface area contributed by atoms with Crippen LogP contribution in [0.3, 0.4) is 0 Å². The van der Waals surface area contributed by atoms with Crippen LogP contribution in [-0.4, -0.2) is 18.9 Å². The molecule has 0 bridgehead atoms. The summed E-state index contributed by atoms with van der Waals surface area (Å²) in [5.41, 5.74) is 1.61. The van der Waals surface area contributed by atoms with Gasteiger partial charge >= 0.3 is 0 Å². The molecule has 1 heterocycles. The zero-order valence-electron chi connectivity index (χ0n) is 9.35. The summed E-state index contributed by atoms with van der Waals surface area (Å²) in [6, 6.07) is 7.30. The third-order valence-corrected chi connectivity index (χ3v) is 2.35. The molecule has 0 unspecified atom stereocenters. The van der Waals surface area contributed by atoms with Crippen molar-refractivity contribution in [1.29, 1.82) is 0 Å². The number of ether oxygens (including phenoxy) is 2. The summed E-state index contributed by atoms with van der Waals surface area (Å²) in [6.45, 7) is 0.605. The van der Waals surface area contributed by atoms with Gasteiger partial charge in [0, 0.05) is 17.7 Å². The van der Waals surface area contributed by atoms with Crippen LogP contribution in [0.15, 0.2) is 34.9 Å². The predicted octanol–water partition coefficient (Wildman–Crippen LogP) is 3.12. The Hall–Kier alpha value is -1.36. The highest BCUT2D eigenvalue weighted by Gasteiger charge is 2.06. The Morgan fingerprint density at radius 1 is 1.29 bits per heavy atom. The van der Waals surface area contributed by atoms with Gasteiger partial charge in [-0.1, -0.05) is 11.6 Å². The molecule has 0 amide bonds. The number of rotatable bonds is 5. The first-order valence-corrected chi connectivity index (χ1v) is 5.44. The summed E-state index contributed by atoms with van der Waals surface area (Å²) < 4.78 is 15.3. The average Bonchev–Trinajstić information content (AvgIpc) is 2.79.